The first-order valence-corrected chi connectivity index (χ1v) is 10.7. The number of amides is 2. The number of Topliss-reactive ketones (excluding diaryl/α,β-unsaturated/α-hetero) is 1. The number of hydrazone groups is 1. The van der Waals surface area contributed by atoms with Crippen LogP contribution in [-0.2, 0) is 9.59 Å². The summed E-state index contributed by atoms with van der Waals surface area (Å²) in [6.45, 7) is 0. The molecule has 3 heterocycles. The highest BCUT2D eigenvalue weighted by Crippen LogP contribution is 2.53. The molecule has 4 atom stereocenters. The molecule has 162 valence electrons. The number of rotatable bonds is 3. The van der Waals surface area contributed by atoms with Crippen molar-refractivity contribution in [3.63, 3.8) is 0 Å². The molecular weight excluding hydrogens is 421 g/mol. The smallest absolute Gasteiger partial charge is 0.240 e. The van der Waals surface area contributed by atoms with Crippen molar-refractivity contribution in [1.29, 1.82) is 0 Å². The normalized spacial score (nSPS) is 25.1. The number of benzene rings is 3. The second-order valence-corrected chi connectivity index (χ2v) is 8.41. The first kappa shape index (κ1) is 19.5. The standard InChI is InChI=1S/C26H18FN3O3/c27-17-12-10-15(11-13-17)24(31)23-21-20(22-19-9-5-4-6-16(19)14-28-30(22)23)25(32)29(26(21)33)18-7-2-1-3-8-18/h1-14,20-23H/t20-,21+,22-,23+/m0/s1. The van der Waals surface area contributed by atoms with Crippen LogP contribution in [-0.4, -0.2) is 34.9 Å². The summed E-state index contributed by atoms with van der Waals surface area (Å²) in [6.07, 6.45) is 1.65. The lowest BCUT2D eigenvalue weighted by Gasteiger charge is -2.33. The van der Waals surface area contributed by atoms with Gasteiger partial charge in [-0.05, 0) is 47.5 Å². The Balaban J connectivity index is 1.50. The minimum atomic E-state index is -0.972. The van der Waals surface area contributed by atoms with Crippen molar-refractivity contribution in [2.24, 2.45) is 16.9 Å². The summed E-state index contributed by atoms with van der Waals surface area (Å²) in [6, 6.07) is 20.0. The van der Waals surface area contributed by atoms with Crippen LogP contribution in [0, 0.1) is 17.7 Å². The van der Waals surface area contributed by atoms with Crippen molar-refractivity contribution in [1.82, 2.24) is 5.01 Å². The molecule has 3 aromatic carbocycles. The molecule has 0 unspecified atom stereocenters. The molecule has 0 bridgehead atoms. The van der Waals surface area contributed by atoms with Gasteiger partial charge in [0.2, 0.25) is 11.8 Å². The molecule has 2 fully saturated rings. The van der Waals surface area contributed by atoms with E-state index in [1.807, 2.05) is 30.3 Å². The van der Waals surface area contributed by atoms with Crippen LogP contribution in [0.4, 0.5) is 10.1 Å². The lowest BCUT2D eigenvalue weighted by Crippen LogP contribution is -2.44. The molecule has 2 amide bonds. The van der Waals surface area contributed by atoms with E-state index in [4.69, 9.17) is 0 Å². The van der Waals surface area contributed by atoms with E-state index >= 15 is 0 Å². The average molecular weight is 439 g/mol. The van der Waals surface area contributed by atoms with Crippen LogP contribution in [0.2, 0.25) is 0 Å². The Labute approximate surface area is 188 Å². The van der Waals surface area contributed by atoms with Gasteiger partial charge in [-0.15, -0.1) is 0 Å². The fourth-order valence-electron chi connectivity index (χ4n) is 5.28. The van der Waals surface area contributed by atoms with Crippen LogP contribution in [0.25, 0.3) is 0 Å². The third-order valence-corrected chi connectivity index (χ3v) is 6.70. The second kappa shape index (κ2) is 7.20. The van der Waals surface area contributed by atoms with E-state index in [1.54, 1.807) is 35.5 Å². The van der Waals surface area contributed by atoms with Gasteiger partial charge in [0.05, 0.1) is 29.8 Å². The third kappa shape index (κ3) is 2.78. The number of carbonyl (C=O) groups excluding carboxylic acids is 3. The predicted molar refractivity (Wildman–Crippen MR) is 119 cm³/mol. The number of halogens is 1. The maximum absolute atomic E-state index is 13.7. The lowest BCUT2D eigenvalue weighted by molar-refractivity contribution is -0.124. The van der Waals surface area contributed by atoms with Gasteiger partial charge in [0.15, 0.2) is 5.78 Å². The Kier molecular flexibility index (Phi) is 4.26. The maximum atomic E-state index is 13.7. The number of hydrogen-bond acceptors (Lipinski definition) is 5. The zero-order chi connectivity index (χ0) is 22.7. The predicted octanol–water partition coefficient (Wildman–Crippen LogP) is 3.59. The molecule has 0 spiro atoms. The molecule has 3 aromatic rings. The number of carbonyl (C=O) groups is 3. The number of fused-ring (bicyclic) bond motifs is 5. The molecule has 3 aliphatic heterocycles. The zero-order valence-corrected chi connectivity index (χ0v) is 17.3. The minimum absolute atomic E-state index is 0.272. The number of nitrogens with zero attached hydrogens (tertiary/aromatic N) is 3. The van der Waals surface area contributed by atoms with Gasteiger partial charge in [-0.1, -0.05) is 42.5 Å². The number of ketones is 1. The zero-order valence-electron chi connectivity index (χ0n) is 17.3. The summed E-state index contributed by atoms with van der Waals surface area (Å²) in [5.74, 6) is -3.23. The molecule has 0 aromatic heterocycles. The second-order valence-electron chi connectivity index (χ2n) is 8.41. The van der Waals surface area contributed by atoms with E-state index in [1.165, 1.54) is 29.2 Å². The maximum Gasteiger partial charge on any atom is 0.240 e. The van der Waals surface area contributed by atoms with E-state index in [0.29, 0.717) is 5.69 Å². The van der Waals surface area contributed by atoms with E-state index in [9.17, 15) is 18.8 Å². The molecule has 0 saturated carbocycles. The quantitative estimate of drug-likeness (QED) is 0.462. The van der Waals surface area contributed by atoms with E-state index in [2.05, 4.69) is 5.10 Å². The van der Waals surface area contributed by atoms with Gasteiger partial charge in [0.25, 0.3) is 0 Å². The van der Waals surface area contributed by atoms with Crippen LogP contribution in [0.3, 0.4) is 0 Å². The third-order valence-electron chi connectivity index (χ3n) is 6.70. The molecule has 2 saturated heterocycles. The number of anilines is 1. The topological polar surface area (TPSA) is 70.0 Å². The van der Waals surface area contributed by atoms with Gasteiger partial charge in [0.1, 0.15) is 11.9 Å². The van der Waals surface area contributed by atoms with E-state index in [0.717, 1.165) is 11.1 Å². The van der Waals surface area contributed by atoms with Crippen molar-refractivity contribution in [2.75, 3.05) is 4.90 Å². The summed E-state index contributed by atoms with van der Waals surface area (Å²) in [5, 5.41) is 6.12. The molecule has 0 N–H and O–H groups in total. The SMILES string of the molecule is O=C(c1ccc(F)cc1)[C@H]1[C@@H]2C(=O)N(c3ccccc3)C(=O)[C@@H]2[C@@H]2c3ccccc3C=NN12. The van der Waals surface area contributed by atoms with Crippen molar-refractivity contribution < 1.29 is 18.8 Å². The van der Waals surface area contributed by atoms with Gasteiger partial charge in [-0.25, -0.2) is 9.29 Å². The fraction of sp³-hybridized carbons (Fsp3) is 0.154. The van der Waals surface area contributed by atoms with Gasteiger partial charge >= 0.3 is 0 Å². The van der Waals surface area contributed by atoms with Gasteiger partial charge < -0.3 is 0 Å². The summed E-state index contributed by atoms with van der Waals surface area (Å²) >= 11 is 0. The monoisotopic (exact) mass is 439 g/mol. The minimum Gasteiger partial charge on any atom is -0.292 e. The summed E-state index contributed by atoms with van der Waals surface area (Å²) in [4.78, 5) is 42.2. The van der Waals surface area contributed by atoms with Crippen molar-refractivity contribution in [2.45, 2.75) is 12.1 Å². The van der Waals surface area contributed by atoms with Crippen molar-refractivity contribution in [3.8, 4) is 0 Å². The highest BCUT2D eigenvalue weighted by Gasteiger charge is 2.65. The molecule has 3 aliphatic rings. The molecule has 33 heavy (non-hydrogen) atoms. The number of imide groups is 1. The largest absolute Gasteiger partial charge is 0.292 e. The fourth-order valence-corrected chi connectivity index (χ4v) is 5.28. The van der Waals surface area contributed by atoms with Crippen LogP contribution in [0.15, 0.2) is 84.0 Å². The van der Waals surface area contributed by atoms with E-state index < -0.39 is 35.6 Å². The number of hydrogen-bond donors (Lipinski definition) is 0. The molecule has 6 nitrogen and oxygen atoms in total. The molecule has 6 rings (SSSR count). The Bertz CT molecular complexity index is 1320. The Hall–Kier alpha value is -4.13. The average Bonchev–Trinajstić information content (AvgIpc) is 3.32. The number of para-hydroxylation sites is 1. The highest BCUT2D eigenvalue weighted by molar-refractivity contribution is 6.24. The van der Waals surface area contributed by atoms with Gasteiger partial charge in [-0.3, -0.25) is 19.4 Å². The first-order chi connectivity index (χ1) is 16.1. The Morgan fingerprint density at radius 1 is 0.818 bits per heavy atom. The van der Waals surface area contributed by atoms with Gasteiger partial charge in [-0.2, -0.15) is 5.10 Å². The molecule has 0 radical (unpaired) electrons. The van der Waals surface area contributed by atoms with Crippen molar-refractivity contribution in [3.05, 3.63) is 101 Å². The molecule has 0 aliphatic carbocycles. The Morgan fingerprint density at radius 2 is 1.48 bits per heavy atom. The molecular formula is C26H18FN3O3. The first-order valence-electron chi connectivity index (χ1n) is 10.7. The summed E-state index contributed by atoms with van der Waals surface area (Å²) in [5.41, 5.74) is 2.46. The van der Waals surface area contributed by atoms with Gasteiger partial charge in [0, 0.05) is 5.56 Å². The van der Waals surface area contributed by atoms with Crippen LogP contribution >= 0.6 is 0 Å². The summed E-state index contributed by atoms with van der Waals surface area (Å²) in [7, 11) is 0. The van der Waals surface area contributed by atoms with Crippen molar-refractivity contribution >= 4 is 29.5 Å². The highest BCUT2D eigenvalue weighted by atomic mass is 19.1. The van der Waals surface area contributed by atoms with E-state index in [-0.39, 0.29) is 17.3 Å². The Morgan fingerprint density at radius 3 is 2.24 bits per heavy atom. The van der Waals surface area contributed by atoms with Crippen LogP contribution in [0.5, 0.6) is 0 Å². The van der Waals surface area contributed by atoms with Crippen LogP contribution in [0.1, 0.15) is 27.5 Å². The summed E-state index contributed by atoms with van der Waals surface area (Å²) < 4.78 is 13.5. The molecule has 7 heteroatoms. The lowest BCUT2D eigenvalue weighted by atomic mass is 9.83. The van der Waals surface area contributed by atoms with Crippen LogP contribution < -0.4 is 4.90 Å².